The van der Waals surface area contributed by atoms with E-state index in [1.165, 1.54) is 6.42 Å². The third-order valence-electron chi connectivity index (χ3n) is 7.29. The molecule has 4 rings (SSSR count). The molecule has 0 aromatic heterocycles. The molecule has 0 bridgehead atoms. The topological polar surface area (TPSA) is 84.7 Å². The summed E-state index contributed by atoms with van der Waals surface area (Å²) in [6, 6.07) is 15.0. The minimum atomic E-state index is -0.194. The van der Waals surface area contributed by atoms with Crippen LogP contribution in [0.2, 0.25) is 0 Å². The van der Waals surface area contributed by atoms with Crippen LogP contribution in [0.25, 0.3) is 0 Å². The number of ether oxygens (including phenoxy) is 1. The number of rotatable bonds is 7. The number of amides is 2. The Morgan fingerprint density at radius 2 is 1.71 bits per heavy atom. The standard InChI is InChI=1S/C28H37N3O3/c1-34-24-14-8-12-22(18-24)27(32)30-23-13-7-9-20(17-23)19-31(26-16-6-5-15-25(26)29)28(33)21-10-3-2-4-11-21/h7-9,12-14,17-18,21,25-26H,2-6,10-11,15-16,19,29H2,1H3,(H,30,32). The number of anilines is 1. The van der Waals surface area contributed by atoms with E-state index in [9.17, 15) is 9.59 Å². The van der Waals surface area contributed by atoms with Crippen LogP contribution in [0.3, 0.4) is 0 Å². The van der Waals surface area contributed by atoms with Crippen molar-refractivity contribution in [3.63, 3.8) is 0 Å². The van der Waals surface area contributed by atoms with E-state index in [1.54, 1.807) is 25.3 Å². The maximum Gasteiger partial charge on any atom is 0.255 e. The van der Waals surface area contributed by atoms with E-state index in [-0.39, 0.29) is 29.8 Å². The van der Waals surface area contributed by atoms with Crippen LogP contribution in [0.5, 0.6) is 5.75 Å². The molecule has 2 fully saturated rings. The summed E-state index contributed by atoms with van der Waals surface area (Å²) in [5, 5.41) is 2.98. The Balaban J connectivity index is 1.51. The van der Waals surface area contributed by atoms with Crippen molar-refractivity contribution in [3.05, 3.63) is 59.7 Å². The van der Waals surface area contributed by atoms with Gasteiger partial charge in [-0.25, -0.2) is 0 Å². The molecule has 2 aliphatic rings. The first-order valence-electron chi connectivity index (χ1n) is 12.7. The lowest BCUT2D eigenvalue weighted by Crippen LogP contribution is -2.53. The average molecular weight is 464 g/mol. The lowest BCUT2D eigenvalue weighted by Gasteiger charge is -2.40. The van der Waals surface area contributed by atoms with Crippen LogP contribution in [0.4, 0.5) is 5.69 Å². The molecule has 2 aromatic carbocycles. The van der Waals surface area contributed by atoms with E-state index in [4.69, 9.17) is 10.5 Å². The zero-order valence-electron chi connectivity index (χ0n) is 20.2. The first-order valence-corrected chi connectivity index (χ1v) is 12.7. The monoisotopic (exact) mass is 463 g/mol. The molecule has 2 unspecified atom stereocenters. The second-order valence-corrected chi connectivity index (χ2v) is 9.70. The molecule has 182 valence electrons. The van der Waals surface area contributed by atoms with Crippen LogP contribution >= 0.6 is 0 Å². The summed E-state index contributed by atoms with van der Waals surface area (Å²) in [6.07, 6.45) is 9.63. The molecule has 0 spiro atoms. The van der Waals surface area contributed by atoms with E-state index in [2.05, 4.69) is 10.2 Å². The summed E-state index contributed by atoms with van der Waals surface area (Å²) in [5.74, 6) is 0.814. The molecule has 6 heteroatoms. The number of hydrogen-bond donors (Lipinski definition) is 2. The number of nitrogens with zero attached hydrogens (tertiary/aromatic N) is 1. The predicted molar refractivity (Wildman–Crippen MR) is 135 cm³/mol. The van der Waals surface area contributed by atoms with Crippen LogP contribution in [0, 0.1) is 5.92 Å². The highest BCUT2D eigenvalue weighted by Gasteiger charge is 2.34. The quantitative estimate of drug-likeness (QED) is 0.596. The van der Waals surface area contributed by atoms with Gasteiger partial charge in [0.1, 0.15) is 5.75 Å². The predicted octanol–water partition coefficient (Wildman–Crippen LogP) is 5.13. The van der Waals surface area contributed by atoms with E-state index in [1.807, 2.05) is 30.3 Å². The zero-order valence-corrected chi connectivity index (χ0v) is 20.2. The molecule has 6 nitrogen and oxygen atoms in total. The Bertz CT molecular complexity index is 986. The minimum absolute atomic E-state index is 0.0252. The van der Waals surface area contributed by atoms with Crippen molar-refractivity contribution < 1.29 is 14.3 Å². The normalized spacial score (nSPS) is 21.0. The summed E-state index contributed by atoms with van der Waals surface area (Å²) in [6.45, 7) is 0.524. The van der Waals surface area contributed by atoms with Crippen molar-refractivity contribution in [2.24, 2.45) is 11.7 Å². The number of carbonyl (C=O) groups excluding carboxylic acids is 2. The highest BCUT2D eigenvalue weighted by atomic mass is 16.5. The van der Waals surface area contributed by atoms with Crippen molar-refractivity contribution in [3.8, 4) is 5.75 Å². The van der Waals surface area contributed by atoms with Gasteiger partial charge in [-0.3, -0.25) is 9.59 Å². The SMILES string of the molecule is COc1cccc(C(=O)Nc2cccc(CN(C(=O)C3CCCCC3)C3CCCCC3N)c2)c1. The first-order chi connectivity index (χ1) is 16.5. The van der Waals surface area contributed by atoms with Crippen LogP contribution in [0.1, 0.15) is 73.7 Å². The molecule has 3 N–H and O–H groups in total. The second kappa shape index (κ2) is 11.5. The van der Waals surface area contributed by atoms with Crippen molar-refractivity contribution in [2.75, 3.05) is 12.4 Å². The maximum absolute atomic E-state index is 13.6. The summed E-state index contributed by atoms with van der Waals surface area (Å²) < 4.78 is 5.23. The average Bonchev–Trinajstić information content (AvgIpc) is 2.88. The molecule has 0 aliphatic heterocycles. The largest absolute Gasteiger partial charge is 0.497 e. The van der Waals surface area contributed by atoms with Gasteiger partial charge < -0.3 is 20.7 Å². The van der Waals surface area contributed by atoms with Crippen LogP contribution in [-0.2, 0) is 11.3 Å². The third-order valence-corrected chi connectivity index (χ3v) is 7.29. The highest BCUT2D eigenvalue weighted by Crippen LogP contribution is 2.30. The second-order valence-electron chi connectivity index (χ2n) is 9.70. The fourth-order valence-electron chi connectivity index (χ4n) is 5.38. The van der Waals surface area contributed by atoms with E-state index in [0.717, 1.165) is 56.9 Å². The first kappa shape index (κ1) is 24.3. The Kier molecular flexibility index (Phi) is 8.22. The van der Waals surface area contributed by atoms with E-state index >= 15 is 0 Å². The molecule has 2 atom stereocenters. The van der Waals surface area contributed by atoms with Gasteiger partial charge in [-0.05, 0) is 61.6 Å². The van der Waals surface area contributed by atoms with Gasteiger partial charge in [0.2, 0.25) is 5.91 Å². The Hall–Kier alpha value is -2.86. The van der Waals surface area contributed by atoms with Gasteiger partial charge in [0.25, 0.3) is 5.91 Å². The smallest absolute Gasteiger partial charge is 0.255 e. The lowest BCUT2D eigenvalue weighted by atomic mass is 9.85. The summed E-state index contributed by atoms with van der Waals surface area (Å²) in [7, 11) is 1.58. The van der Waals surface area contributed by atoms with Gasteiger partial charge in [-0.1, -0.05) is 50.3 Å². The van der Waals surface area contributed by atoms with Gasteiger partial charge >= 0.3 is 0 Å². The lowest BCUT2D eigenvalue weighted by molar-refractivity contribution is -0.141. The number of nitrogens with one attached hydrogen (secondary N) is 1. The van der Waals surface area contributed by atoms with Gasteiger partial charge in [0.05, 0.1) is 7.11 Å². The summed E-state index contributed by atoms with van der Waals surface area (Å²) in [4.78, 5) is 28.5. The fraction of sp³-hybridized carbons (Fsp3) is 0.500. The maximum atomic E-state index is 13.6. The molecular weight excluding hydrogens is 426 g/mol. The molecule has 34 heavy (non-hydrogen) atoms. The number of methoxy groups -OCH3 is 1. The number of hydrogen-bond acceptors (Lipinski definition) is 4. The van der Waals surface area contributed by atoms with Crippen molar-refractivity contribution in [1.29, 1.82) is 0 Å². The van der Waals surface area contributed by atoms with Gasteiger partial charge in [-0.2, -0.15) is 0 Å². The van der Waals surface area contributed by atoms with Crippen molar-refractivity contribution in [1.82, 2.24) is 4.90 Å². The molecule has 2 amide bonds. The highest BCUT2D eigenvalue weighted by molar-refractivity contribution is 6.04. The molecule has 0 saturated heterocycles. The number of nitrogens with two attached hydrogens (primary N) is 1. The van der Waals surface area contributed by atoms with Crippen LogP contribution in [-0.4, -0.2) is 35.9 Å². The summed E-state index contributed by atoms with van der Waals surface area (Å²) >= 11 is 0. The molecule has 0 radical (unpaired) electrons. The fourth-order valence-corrected chi connectivity index (χ4v) is 5.38. The van der Waals surface area contributed by atoms with Crippen LogP contribution in [0.15, 0.2) is 48.5 Å². The molecular formula is C28H37N3O3. The molecule has 2 aliphatic carbocycles. The Morgan fingerprint density at radius 1 is 0.971 bits per heavy atom. The zero-order chi connectivity index (χ0) is 23.9. The van der Waals surface area contributed by atoms with Gasteiger partial charge in [0.15, 0.2) is 0 Å². The molecule has 2 saturated carbocycles. The minimum Gasteiger partial charge on any atom is -0.497 e. The van der Waals surface area contributed by atoms with Crippen molar-refractivity contribution >= 4 is 17.5 Å². The van der Waals surface area contributed by atoms with Crippen LogP contribution < -0.4 is 15.8 Å². The summed E-state index contributed by atoms with van der Waals surface area (Å²) in [5.41, 5.74) is 8.77. The van der Waals surface area contributed by atoms with Gasteiger partial charge in [-0.15, -0.1) is 0 Å². The van der Waals surface area contributed by atoms with Gasteiger partial charge in [0, 0.05) is 35.8 Å². The number of benzene rings is 2. The molecule has 0 heterocycles. The Labute approximate surface area is 202 Å². The number of carbonyl (C=O) groups is 2. The molecule has 2 aromatic rings. The van der Waals surface area contributed by atoms with Crippen molar-refractivity contribution in [2.45, 2.75) is 76.4 Å². The third kappa shape index (κ3) is 5.98. The van der Waals surface area contributed by atoms with E-state index in [0.29, 0.717) is 23.5 Å². The van der Waals surface area contributed by atoms with E-state index < -0.39 is 0 Å². The Morgan fingerprint density at radius 3 is 2.47 bits per heavy atom.